The lowest BCUT2D eigenvalue weighted by molar-refractivity contribution is 0.326. The van der Waals surface area contributed by atoms with Gasteiger partial charge >= 0.3 is 0 Å². The van der Waals surface area contributed by atoms with Gasteiger partial charge in [0.15, 0.2) is 5.96 Å². The van der Waals surface area contributed by atoms with E-state index >= 15 is 0 Å². The number of halogens is 2. The smallest absolute Gasteiger partial charge is 0.193 e. The highest BCUT2D eigenvalue weighted by molar-refractivity contribution is 6.39. The van der Waals surface area contributed by atoms with Crippen LogP contribution in [0.1, 0.15) is 19.3 Å². The predicted molar refractivity (Wildman–Crippen MR) is 73.9 cm³/mol. The second kappa shape index (κ2) is 5.61. The molecule has 1 aliphatic carbocycles. The fourth-order valence-corrected chi connectivity index (χ4v) is 2.18. The van der Waals surface area contributed by atoms with Crippen LogP contribution in [-0.4, -0.2) is 12.5 Å². The maximum Gasteiger partial charge on any atom is 0.193 e. The van der Waals surface area contributed by atoms with E-state index < -0.39 is 0 Å². The van der Waals surface area contributed by atoms with Crippen molar-refractivity contribution >= 4 is 34.8 Å². The van der Waals surface area contributed by atoms with Gasteiger partial charge in [-0.3, -0.25) is 4.99 Å². The van der Waals surface area contributed by atoms with Crippen molar-refractivity contribution in [2.45, 2.75) is 19.3 Å². The molecule has 0 unspecified atom stereocenters. The van der Waals surface area contributed by atoms with Crippen molar-refractivity contribution in [3.05, 3.63) is 28.2 Å². The van der Waals surface area contributed by atoms with Gasteiger partial charge in [-0.15, -0.1) is 0 Å². The normalized spacial score (nSPS) is 16.7. The second-order valence-corrected chi connectivity index (χ2v) is 5.06. The number of anilines is 1. The molecule has 0 atom stereocenters. The average Bonchev–Trinajstić information content (AvgIpc) is 2.21. The summed E-state index contributed by atoms with van der Waals surface area (Å²) in [4.78, 5) is 4.29. The number of benzene rings is 1. The number of nitrogens with two attached hydrogens (primary N) is 1. The Hall–Kier alpha value is -0.930. The molecule has 2 rings (SSSR count). The van der Waals surface area contributed by atoms with E-state index in [1.54, 1.807) is 18.2 Å². The molecule has 17 heavy (non-hydrogen) atoms. The van der Waals surface area contributed by atoms with E-state index in [1.165, 1.54) is 19.3 Å². The van der Waals surface area contributed by atoms with Gasteiger partial charge in [-0.1, -0.05) is 35.7 Å². The first kappa shape index (κ1) is 12.5. The number of guanidine groups is 1. The molecule has 5 heteroatoms. The van der Waals surface area contributed by atoms with E-state index in [0.29, 0.717) is 27.6 Å². The maximum absolute atomic E-state index is 6.02. The number of nitrogens with zero attached hydrogens (tertiary/aromatic N) is 1. The molecule has 1 aromatic carbocycles. The lowest BCUT2D eigenvalue weighted by Crippen LogP contribution is -2.25. The van der Waals surface area contributed by atoms with Crippen molar-refractivity contribution in [2.75, 3.05) is 11.9 Å². The zero-order valence-corrected chi connectivity index (χ0v) is 10.9. The Morgan fingerprint density at radius 2 is 2.00 bits per heavy atom. The van der Waals surface area contributed by atoms with Crippen molar-refractivity contribution in [3.8, 4) is 0 Å². The molecule has 1 aromatic rings. The molecule has 3 nitrogen and oxygen atoms in total. The number of aliphatic imine (C=N–C) groups is 1. The van der Waals surface area contributed by atoms with E-state index in [2.05, 4.69) is 10.3 Å². The van der Waals surface area contributed by atoms with Crippen LogP contribution in [0.3, 0.4) is 0 Å². The third-order valence-electron chi connectivity index (χ3n) is 2.96. The summed E-state index contributed by atoms with van der Waals surface area (Å²) in [6.07, 6.45) is 3.82. The minimum Gasteiger partial charge on any atom is -0.370 e. The summed E-state index contributed by atoms with van der Waals surface area (Å²) in [6.45, 7) is 0.779. The second-order valence-electron chi connectivity index (χ2n) is 4.24. The van der Waals surface area contributed by atoms with Crippen molar-refractivity contribution in [1.82, 2.24) is 0 Å². The van der Waals surface area contributed by atoms with Gasteiger partial charge in [0.1, 0.15) is 0 Å². The van der Waals surface area contributed by atoms with Crippen LogP contribution in [0.15, 0.2) is 23.2 Å². The molecule has 1 aliphatic rings. The molecule has 0 radical (unpaired) electrons. The minimum atomic E-state index is 0.368. The van der Waals surface area contributed by atoms with Gasteiger partial charge in [-0.05, 0) is 30.9 Å². The Balaban J connectivity index is 1.99. The molecule has 1 saturated carbocycles. The summed E-state index contributed by atoms with van der Waals surface area (Å²) in [5.74, 6) is 1.06. The molecule has 3 N–H and O–H groups in total. The first-order valence-electron chi connectivity index (χ1n) is 5.68. The van der Waals surface area contributed by atoms with Crippen LogP contribution in [0, 0.1) is 5.92 Å². The van der Waals surface area contributed by atoms with Gasteiger partial charge in [-0.25, -0.2) is 0 Å². The summed E-state index contributed by atoms with van der Waals surface area (Å²) in [5, 5.41) is 4.03. The Kier molecular flexibility index (Phi) is 4.13. The summed E-state index contributed by atoms with van der Waals surface area (Å²) in [5.41, 5.74) is 6.41. The summed E-state index contributed by atoms with van der Waals surface area (Å²) in [6, 6.07) is 5.31. The largest absolute Gasteiger partial charge is 0.370 e. The molecule has 0 bridgehead atoms. The topological polar surface area (TPSA) is 50.4 Å². The zero-order valence-electron chi connectivity index (χ0n) is 9.42. The van der Waals surface area contributed by atoms with Gasteiger partial charge in [0.05, 0.1) is 15.7 Å². The summed E-state index contributed by atoms with van der Waals surface area (Å²) < 4.78 is 0. The molecule has 0 saturated heterocycles. The van der Waals surface area contributed by atoms with Gasteiger partial charge in [-0.2, -0.15) is 0 Å². The first-order chi connectivity index (χ1) is 8.16. The van der Waals surface area contributed by atoms with Gasteiger partial charge in [0.25, 0.3) is 0 Å². The summed E-state index contributed by atoms with van der Waals surface area (Å²) >= 11 is 12.0. The zero-order chi connectivity index (χ0) is 12.3. The number of para-hydroxylation sites is 1. The standard InChI is InChI=1S/C12H15Cl2N3/c13-9-5-2-6-10(14)11(9)17-12(15)16-7-8-3-1-4-8/h2,5-6,8H,1,3-4,7H2,(H3,15,16,17). The third kappa shape index (κ3) is 3.27. The SMILES string of the molecule is NC(=NCC1CCC1)Nc1c(Cl)cccc1Cl. The number of rotatable bonds is 3. The van der Waals surface area contributed by atoms with Crippen LogP contribution < -0.4 is 11.1 Å². The van der Waals surface area contributed by atoms with Crippen LogP contribution in [0.25, 0.3) is 0 Å². The Morgan fingerprint density at radius 1 is 1.35 bits per heavy atom. The maximum atomic E-state index is 6.02. The molecule has 1 fully saturated rings. The number of hydrogen-bond acceptors (Lipinski definition) is 1. The fourth-order valence-electron chi connectivity index (χ4n) is 1.69. The Morgan fingerprint density at radius 3 is 2.53 bits per heavy atom. The quantitative estimate of drug-likeness (QED) is 0.653. The monoisotopic (exact) mass is 271 g/mol. The van der Waals surface area contributed by atoms with Crippen LogP contribution in [0.5, 0.6) is 0 Å². The van der Waals surface area contributed by atoms with Crippen LogP contribution in [-0.2, 0) is 0 Å². The average molecular weight is 272 g/mol. The van der Waals surface area contributed by atoms with E-state index in [1.807, 2.05) is 0 Å². The van der Waals surface area contributed by atoms with E-state index in [9.17, 15) is 0 Å². The molecule has 0 heterocycles. The van der Waals surface area contributed by atoms with Crippen molar-refractivity contribution in [1.29, 1.82) is 0 Å². The van der Waals surface area contributed by atoms with Crippen molar-refractivity contribution < 1.29 is 0 Å². The lowest BCUT2D eigenvalue weighted by atomic mass is 9.86. The third-order valence-corrected chi connectivity index (χ3v) is 3.59. The highest BCUT2D eigenvalue weighted by atomic mass is 35.5. The molecular weight excluding hydrogens is 257 g/mol. The minimum absolute atomic E-state index is 0.368. The van der Waals surface area contributed by atoms with E-state index in [0.717, 1.165) is 6.54 Å². The molecule has 0 aliphatic heterocycles. The highest BCUT2D eigenvalue weighted by Crippen LogP contribution is 2.30. The van der Waals surface area contributed by atoms with E-state index in [-0.39, 0.29) is 0 Å². The predicted octanol–water partition coefficient (Wildman–Crippen LogP) is 3.52. The Bertz CT molecular complexity index is 408. The van der Waals surface area contributed by atoms with Gasteiger partial charge in [0.2, 0.25) is 0 Å². The van der Waals surface area contributed by atoms with Crippen LogP contribution in [0.2, 0.25) is 10.0 Å². The van der Waals surface area contributed by atoms with Crippen LogP contribution >= 0.6 is 23.2 Å². The number of nitrogens with one attached hydrogen (secondary N) is 1. The van der Waals surface area contributed by atoms with E-state index in [4.69, 9.17) is 28.9 Å². The molecule has 0 aromatic heterocycles. The van der Waals surface area contributed by atoms with Gasteiger partial charge < -0.3 is 11.1 Å². The summed E-state index contributed by atoms with van der Waals surface area (Å²) in [7, 11) is 0. The van der Waals surface area contributed by atoms with Crippen molar-refractivity contribution in [3.63, 3.8) is 0 Å². The van der Waals surface area contributed by atoms with Crippen LogP contribution in [0.4, 0.5) is 5.69 Å². The van der Waals surface area contributed by atoms with Crippen molar-refractivity contribution in [2.24, 2.45) is 16.6 Å². The lowest BCUT2D eigenvalue weighted by Gasteiger charge is -2.23. The Labute approximate surface area is 111 Å². The molecule has 0 spiro atoms. The molecular formula is C12H15Cl2N3. The number of hydrogen-bond donors (Lipinski definition) is 2. The highest BCUT2D eigenvalue weighted by Gasteiger charge is 2.16. The first-order valence-corrected chi connectivity index (χ1v) is 6.43. The fraction of sp³-hybridized carbons (Fsp3) is 0.417. The molecule has 92 valence electrons. The van der Waals surface area contributed by atoms with Gasteiger partial charge in [0, 0.05) is 6.54 Å². The molecule has 0 amide bonds.